The quantitative estimate of drug-likeness (QED) is 0.259. The van der Waals surface area contributed by atoms with E-state index in [9.17, 15) is 22.8 Å². The third kappa shape index (κ3) is 5.00. The number of aromatic nitrogens is 3. The zero-order valence-corrected chi connectivity index (χ0v) is 17.7. The maximum Gasteiger partial charge on any atom is 0.434 e. The van der Waals surface area contributed by atoms with Gasteiger partial charge in [0.15, 0.2) is 5.69 Å². The van der Waals surface area contributed by atoms with Crippen molar-refractivity contribution in [2.45, 2.75) is 20.0 Å². The van der Waals surface area contributed by atoms with Crippen LogP contribution in [0.5, 0.6) is 0 Å². The van der Waals surface area contributed by atoms with Gasteiger partial charge in [0, 0.05) is 46.7 Å². The molecule has 0 fully saturated rings. The molecule has 0 spiro atoms. The van der Waals surface area contributed by atoms with Crippen molar-refractivity contribution in [3.63, 3.8) is 0 Å². The number of halogens is 3. The Morgan fingerprint density at radius 3 is 2.53 bits per heavy atom. The fourth-order valence-corrected chi connectivity index (χ4v) is 3.78. The monoisotopic (exact) mass is 465 g/mol. The number of hydrogen-bond donors (Lipinski definition) is 4. The van der Waals surface area contributed by atoms with E-state index in [2.05, 4.69) is 25.6 Å². The van der Waals surface area contributed by atoms with Crippen molar-refractivity contribution >= 4 is 29.1 Å². The second-order valence-corrected chi connectivity index (χ2v) is 7.66. The van der Waals surface area contributed by atoms with Gasteiger partial charge in [-0.3, -0.25) is 20.5 Å². The molecule has 168 valence electrons. The van der Waals surface area contributed by atoms with Crippen molar-refractivity contribution in [2.24, 2.45) is 5.84 Å². The first-order chi connectivity index (χ1) is 15.1. The summed E-state index contributed by atoms with van der Waals surface area (Å²) in [6.45, 7) is 3.43. The van der Waals surface area contributed by atoms with E-state index in [-0.39, 0.29) is 26.8 Å². The van der Waals surface area contributed by atoms with Gasteiger partial charge < -0.3 is 5.32 Å². The van der Waals surface area contributed by atoms with E-state index in [0.29, 0.717) is 17.7 Å². The molecule has 32 heavy (non-hydrogen) atoms. The zero-order chi connectivity index (χ0) is 23.5. The van der Waals surface area contributed by atoms with E-state index in [1.54, 1.807) is 6.92 Å². The number of carbonyl (C=O) groups excluding carboxylic acids is 2. The molecule has 0 radical (unpaired) electrons. The minimum atomic E-state index is -4.62. The van der Waals surface area contributed by atoms with Crippen LogP contribution in [0, 0.1) is 6.92 Å². The minimum absolute atomic E-state index is 0.0112. The van der Waals surface area contributed by atoms with E-state index < -0.39 is 23.8 Å². The topological polar surface area (TPSA) is 135 Å². The highest BCUT2D eigenvalue weighted by molar-refractivity contribution is 7.15. The fraction of sp³-hybridized carbons (Fsp3) is 0.211. The van der Waals surface area contributed by atoms with Gasteiger partial charge in [-0.25, -0.2) is 20.6 Å². The molecule has 5 N–H and O–H groups in total. The lowest BCUT2D eigenvalue weighted by atomic mass is 10.0. The van der Waals surface area contributed by atoms with Crippen LogP contribution in [0.1, 0.15) is 27.9 Å². The molecule has 0 aliphatic carbocycles. The molecular formula is C19H18F3N7O2S. The number of urea groups is 1. The molecule has 3 aromatic rings. The SMILES string of the molecule is CCNC(=O)Nc1cc(-c2nc(C(F)(F)F)c(C)s2)c(-c2cncc(C(=O)NN)c2)cn1. The highest BCUT2D eigenvalue weighted by Crippen LogP contribution is 2.40. The van der Waals surface area contributed by atoms with Crippen LogP contribution < -0.4 is 21.9 Å². The highest BCUT2D eigenvalue weighted by atomic mass is 32.1. The molecular weight excluding hydrogens is 447 g/mol. The largest absolute Gasteiger partial charge is 0.434 e. The molecule has 13 heteroatoms. The van der Waals surface area contributed by atoms with Gasteiger partial charge in [0.25, 0.3) is 5.91 Å². The third-order valence-electron chi connectivity index (χ3n) is 4.22. The highest BCUT2D eigenvalue weighted by Gasteiger charge is 2.36. The molecule has 0 saturated heterocycles. The number of nitrogen functional groups attached to an aromatic ring is 1. The molecule has 0 aromatic carbocycles. The number of carbonyl (C=O) groups is 2. The smallest absolute Gasteiger partial charge is 0.338 e. The number of alkyl halides is 3. The first-order valence-corrected chi connectivity index (χ1v) is 10.0. The predicted molar refractivity (Wildman–Crippen MR) is 113 cm³/mol. The van der Waals surface area contributed by atoms with Crippen molar-refractivity contribution in [3.05, 3.63) is 46.9 Å². The number of anilines is 1. The molecule has 0 saturated carbocycles. The molecule has 9 nitrogen and oxygen atoms in total. The molecule has 0 aliphatic heterocycles. The van der Waals surface area contributed by atoms with Crippen LogP contribution in [-0.4, -0.2) is 33.4 Å². The number of nitrogens with two attached hydrogens (primary N) is 1. The predicted octanol–water partition coefficient (Wildman–Crippen LogP) is 3.34. The second kappa shape index (κ2) is 9.28. The first kappa shape index (κ1) is 23.1. The van der Waals surface area contributed by atoms with Crippen molar-refractivity contribution < 1.29 is 22.8 Å². The molecule has 0 aliphatic rings. The van der Waals surface area contributed by atoms with Gasteiger partial charge in [0.2, 0.25) is 0 Å². The van der Waals surface area contributed by atoms with Crippen LogP contribution >= 0.6 is 11.3 Å². The Bertz CT molecular complexity index is 1160. The summed E-state index contributed by atoms with van der Waals surface area (Å²) in [6, 6.07) is 2.37. The summed E-state index contributed by atoms with van der Waals surface area (Å²) >= 11 is 0.849. The normalized spacial score (nSPS) is 11.2. The van der Waals surface area contributed by atoms with Gasteiger partial charge in [-0.2, -0.15) is 13.2 Å². The fourth-order valence-electron chi connectivity index (χ4n) is 2.82. The average molecular weight is 465 g/mol. The number of hydrazine groups is 1. The second-order valence-electron chi connectivity index (χ2n) is 6.46. The molecule has 3 rings (SSSR count). The molecule has 3 amide bonds. The van der Waals surface area contributed by atoms with Crippen LogP contribution in [-0.2, 0) is 6.18 Å². The summed E-state index contributed by atoms with van der Waals surface area (Å²) < 4.78 is 40.0. The number of pyridine rings is 2. The summed E-state index contributed by atoms with van der Waals surface area (Å²) in [7, 11) is 0. The first-order valence-electron chi connectivity index (χ1n) is 9.20. The number of rotatable bonds is 5. The number of nitrogens with one attached hydrogen (secondary N) is 3. The van der Waals surface area contributed by atoms with Crippen LogP contribution in [0.3, 0.4) is 0 Å². The Balaban J connectivity index is 2.16. The van der Waals surface area contributed by atoms with E-state index >= 15 is 0 Å². The molecule has 0 unspecified atom stereocenters. The molecule has 0 atom stereocenters. The van der Waals surface area contributed by atoms with Crippen molar-refractivity contribution in [2.75, 3.05) is 11.9 Å². The van der Waals surface area contributed by atoms with Crippen LogP contribution in [0.25, 0.3) is 21.7 Å². The van der Waals surface area contributed by atoms with Crippen molar-refractivity contribution in [3.8, 4) is 21.7 Å². The van der Waals surface area contributed by atoms with Gasteiger partial charge in [-0.05, 0) is 26.0 Å². The summed E-state index contributed by atoms with van der Waals surface area (Å²) in [5.74, 6) is 4.69. The molecule has 3 aromatic heterocycles. The van der Waals surface area contributed by atoms with Gasteiger partial charge in [-0.15, -0.1) is 11.3 Å². The summed E-state index contributed by atoms with van der Waals surface area (Å²) in [4.78, 5) is 35.7. The molecule has 0 bridgehead atoms. The number of hydrogen-bond acceptors (Lipinski definition) is 7. The average Bonchev–Trinajstić information content (AvgIpc) is 3.15. The van der Waals surface area contributed by atoms with Gasteiger partial charge in [0.05, 0.1) is 5.56 Å². The lowest BCUT2D eigenvalue weighted by molar-refractivity contribution is -0.141. The van der Waals surface area contributed by atoms with Gasteiger partial charge in [-0.1, -0.05) is 0 Å². The third-order valence-corrected chi connectivity index (χ3v) is 5.23. The number of aryl methyl sites for hydroxylation is 1. The van der Waals surface area contributed by atoms with Gasteiger partial charge in [0.1, 0.15) is 10.8 Å². The lowest BCUT2D eigenvalue weighted by Crippen LogP contribution is -2.30. The lowest BCUT2D eigenvalue weighted by Gasteiger charge is -2.11. The minimum Gasteiger partial charge on any atom is -0.338 e. The molecule has 3 heterocycles. The van der Waals surface area contributed by atoms with Crippen molar-refractivity contribution in [1.82, 2.24) is 25.7 Å². The van der Waals surface area contributed by atoms with Gasteiger partial charge >= 0.3 is 12.2 Å². The zero-order valence-electron chi connectivity index (χ0n) is 16.9. The Kier molecular flexibility index (Phi) is 6.69. The Morgan fingerprint density at radius 2 is 1.91 bits per heavy atom. The number of nitrogens with zero attached hydrogens (tertiary/aromatic N) is 3. The Morgan fingerprint density at radius 1 is 1.16 bits per heavy atom. The van der Waals surface area contributed by atoms with E-state index in [1.807, 2.05) is 5.43 Å². The van der Waals surface area contributed by atoms with Crippen LogP contribution in [0.4, 0.5) is 23.8 Å². The van der Waals surface area contributed by atoms with E-state index in [0.717, 1.165) is 11.3 Å². The summed E-state index contributed by atoms with van der Waals surface area (Å²) in [5.41, 5.74) is 2.20. The van der Waals surface area contributed by atoms with Crippen LogP contribution in [0.2, 0.25) is 0 Å². The van der Waals surface area contributed by atoms with Crippen molar-refractivity contribution in [1.29, 1.82) is 0 Å². The summed E-state index contributed by atoms with van der Waals surface area (Å²) in [6.07, 6.45) is -0.536. The van der Waals surface area contributed by atoms with E-state index in [4.69, 9.17) is 5.84 Å². The number of amides is 3. The Labute approximate surface area is 184 Å². The maximum absolute atomic E-state index is 13.3. The standard InChI is InChI=1S/C19H18F3N7O2S/c1-3-25-18(31)27-14-5-12(17-28-15(9(2)32-17)19(20,21)22)13(8-26-14)10-4-11(7-24-6-10)16(30)29-23/h4-8H,3,23H2,1-2H3,(H,29,30)(H2,25,26,27,31). The number of thiazole rings is 1. The summed E-state index contributed by atoms with van der Waals surface area (Å²) in [5, 5.41) is 5.13. The maximum atomic E-state index is 13.3. The Hall–Kier alpha value is -3.58. The van der Waals surface area contributed by atoms with E-state index in [1.165, 1.54) is 37.6 Å². The van der Waals surface area contributed by atoms with Crippen LogP contribution in [0.15, 0.2) is 30.7 Å².